The molecule has 0 heterocycles. The number of sulfonamides is 1. The molecular weight excluding hydrogens is 325 g/mol. The lowest BCUT2D eigenvalue weighted by Crippen LogP contribution is -2.16. The van der Waals surface area contributed by atoms with Gasteiger partial charge in [-0.15, -0.1) is 0 Å². The maximum Gasteiger partial charge on any atom is 0.335 e. The smallest absolute Gasteiger partial charge is 0.335 e. The van der Waals surface area contributed by atoms with E-state index in [2.05, 4.69) is 4.72 Å². The first kappa shape index (κ1) is 16.8. The second kappa shape index (κ2) is 6.25. The highest BCUT2D eigenvalue weighted by molar-refractivity contribution is 7.92. The van der Waals surface area contributed by atoms with E-state index in [1.165, 1.54) is 13.2 Å². The summed E-state index contributed by atoms with van der Waals surface area (Å²) in [6, 6.07) is 7.37. The van der Waals surface area contributed by atoms with Gasteiger partial charge in [-0.05, 0) is 42.8 Å². The van der Waals surface area contributed by atoms with E-state index in [1.54, 1.807) is 19.1 Å². The molecule has 0 aliphatic carbocycles. The Labute approximate surface area is 132 Å². The predicted molar refractivity (Wildman–Crippen MR) is 81.9 cm³/mol. The molecule has 8 heteroatoms. The fraction of sp³-hybridized carbons (Fsp3) is 0.133. The van der Waals surface area contributed by atoms with Gasteiger partial charge in [-0.1, -0.05) is 6.07 Å². The van der Waals surface area contributed by atoms with Crippen molar-refractivity contribution in [3.05, 3.63) is 53.3 Å². The fourth-order valence-electron chi connectivity index (χ4n) is 1.94. The van der Waals surface area contributed by atoms with Crippen molar-refractivity contribution < 1.29 is 27.4 Å². The van der Waals surface area contributed by atoms with Gasteiger partial charge in [0.25, 0.3) is 10.0 Å². The number of hydrogen-bond acceptors (Lipinski definition) is 4. The minimum Gasteiger partial charge on any atom is -0.495 e. The van der Waals surface area contributed by atoms with Crippen molar-refractivity contribution >= 4 is 21.7 Å². The van der Waals surface area contributed by atoms with Crippen LogP contribution in [0.5, 0.6) is 5.75 Å². The van der Waals surface area contributed by atoms with Gasteiger partial charge >= 0.3 is 5.97 Å². The van der Waals surface area contributed by atoms with Crippen molar-refractivity contribution in [1.29, 1.82) is 0 Å². The molecule has 2 N–H and O–H groups in total. The van der Waals surface area contributed by atoms with Crippen LogP contribution in [0.15, 0.2) is 41.3 Å². The number of carboxylic acid groups (broad SMARTS) is 1. The van der Waals surface area contributed by atoms with Gasteiger partial charge in [0, 0.05) is 0 Å². The summed E-state index contributed by atoms with van der Waals surface area (Å²) < 4.78 is 45.9. The average molecular weight is 339 g/mol. The largest absolute Gasteiger partial charge is 0.495 e. The highest BCUT2D eigenvalue weighted by Crippen LogP contribution is 2.28. The lowest BCUT2D eigenvalue weighted by atomic mass is 10.2. The Kier molecular flexibility index (Phi) is 4.55. The molecule has 2 rings (SSSR count). The molecule has 6 nitrogen and oxygen atoms in total. The van der Waals surface area contributed by atoms with Gasteiger partial charge in [0.1, 0.15) is 16.5 Å². The predicted octanol–water partition coefficient (Wildman–Crippen LogP) is 2.64. The number of ether oxygens (including phenoxy) is 1. The average Bonchev–Trinajstić information content (AvgIpc) is 2.47. The molecule has 0 amide bonds. The summed E-state index contributed by atoms with van der Waals surface area (Å²) in [6.07, 6.45) is 0. The van der Waals surface area contributed by atoms with Gasteiger partial charge < -0.3 is 9.84 Å². The standard InChI is InChI=1S/C15H14FNO5S/c1-9-3-6-13(22-2)12(7-9)17-23(20,21)14-8-10(15(18)19)4-5-11(14)16/h3-8,17H,1-2H3,(H,18,19). The number of methoxy groups -OCH3 is 1. The van der Waals surface area contributed by atoms with E-state index >= 15 is 0 Å². The Morgan fingerprint density at radius 3 is 2.52 bits per heavy atom. The zero-order chi connectivity index (χ0) is 17.2. The lowest BCUT2D eigenvalue weighted by Gasteiger charge is -2.13. The molecule has 0 atom stereocenters. The van der Waals surface area contributed by atoms with Crippen LogP contribution in [0.1, 0.15) is 15.9 Å². The Hall–Kier alpha value is -2.61. The van der Waals surface area contributed by atoms with Crippen LogP contribution >= 0.6 is 0 Å². The van der Waals surface area contributed by atoms with Crippen molar-refractivity contribution in [2.75, 3.05) is 11.8 Å². The second-order valence-electron chi connectivity index (χ2n) is 4.76. The van der Waals surface area contributed by atoms with E-state index < -0.39 is 26.7 Å². The van der Waals surface area contributed by atoms with Crippen LogP contribution in [0, 0.1) is 12.7 Å². The first-order chi connectivity index (χ1) is 10.7. The summed E-state index contributed by atoms with van der Waals surface area (Å²) in [5.74, 6) is -2.14. The monoisotopic (exact) mass is 339 g/mol. The molecule has 0 radical (unpaired) electrons. The molecule has 0 fully saturated rings. The number of aryl methyl sites for hydroxylation is 1. The lowest BCUT2D eigenvalue weighted by molar-refractivity contribution is 0.0696. The third-order valence-electron chi connectivity index (χ3n) is 3.07. The molecule has 0 spiro atoms. The number of carbonyl (C=O) groups is 1. The Morgan fingerprint density at radius 1 is 1.22 bits per heavy atom. The summed E-state index contributed by atoms with van der Waals surface area (Å²) in [7, 11) is -2.95. The first-order valence-corrected chi connectivity index (χ1v) is 7.93. The maximum absolute atomic E-state index is 13.8. The van der Waals surface area contributed by atoms with Gasteiger partial charge in [0.15, 0.2) is 0 Å². The number of carboxylic acids is 1. The molecule has 0 saturated carbocycles. The van der Waals surface area contributed by atoms with Crippen LogP contribution in [-0.4, -0.2) is 26.6 Å². The topological polar surface area (TPSA) is 92.7 Å². The van der Waals surface area contributed by atoms with E-state index in [0.29, 0.717) is 0 Å². The van der Waals surface area contributed by atoms with E-state index in [0.717, 1.165) is 23.8 Å². The van der Waals surface area contributed by atoms with E-state index in [9.17, 15) is 17.6 Å². The molecule has 2 aromatic carbocycles. The molecule has 122 valence electrons. The van der Waals surface area contributed by atoms with Gasteiger partial charge in [-0.2, -0.15) is 0 Å². The van der Waals surface area contributed by atoms with Crippen LogP contribution in [0.2, 0.25) is 0 Å². The summed E-state index contributed by atoms with van der Waals surface area (Å²) in [5, 5.41) is 8.92. The second-order valence-corrected chi connectivity index (χ2v) is 6.41. The quantitative estimate of drug-likeness (QED) is 0.873. The van der Waals surface area contributed by atoms with Gasteiger partial charge in [-0.3, -0.25) is 4.72 Å². The molecular formula is C15H14FNO5S. The van der Waals surface area contributed by atoms with Crippen molar-refractivity contribution in [2.24, 2.45) is 0 Å². The summed E-state index contributed by atoms with van der Waals surface area (Å²) in [5.41, 5.74) is 0.568. The van der Waals surface area contributed by atoms with Crippen LogP contribution in [0.4, 0.5) is 10.1 Å². The van der Waals surface area contributed by atoms with Gasteiger partial charge in [0.05, 0.1) is 18.4 Å². The number of nitrogens with one attached hydrogen (secondary N) is 1. The Balaban J connectivity index is 2.50. The Morgan fingerprint density at radius 2 is 1.91 bits per heavy atom. The third kappa shape index (κ3) is 3.59. The summed E-state index contributed by atoms with van der Waals surface area (Å²) in [4.78, 5) is 10.2. The molecule has 0 unspecified atom stereocenters. The number of anilines is 1. The number of hydrogen-bond donors (Lipinski definition) is 2. The van der Waals surface area contributed by atoms with Crippen LogP contribution < -0.4 is 9.46 Å². The van der Waals surface area contributed by atoms with Crippen molar-refractivity contribution in [2.45, 2.75) is 11.8 Å². The molecule has 0 aliphatic rings. The molecule has 0 bridgehead atoms. The molecule has 2 aromatic rings. The van der Waals surface area contributed by atoms with Gasteiger partial charge in [-0.25, -0.2) is 17.6 Å². The van der Waals surface area contributed by atoms with Crippen LogP contribution in [-0.2, 0) is 10.0 Å². The number of rotatable bonds is 5. The normalized spacial score (nSPS) is 11.1. The highest BCUT2D eigenvalue weighted by Gasteiger charge is 2.22. The Bertz CT molecular complexity index is 864. The zero-order valence-corrected chi connectivity index (χ0v) is 13.1. The number of benzene rings is 2. The first-order valence-electron chi connectivity index (χ1n) is 6.45. The maximum atomic E-state index is 13.8. The highest BCUT2D eigenvalue weighted by atomic mass is 32.2. The summed E-state index contributed by atoms with van der Waals surface area (Å²) >= 11 is 0. The van der Waals surface area contributed by atoms with Gasteiger partial charge in [0.2, 0.25) is 0 Å². The summed E-state index contributed by atoms with van der Waals surface area (Å²) in [6.45, 7) is 1.75. The van der Waals surface area contributed by atoms with Crippen molar-refractivity contribution in [3.63, 3.8) is 0 Å². The minimum atomic E-state index is -4.32. The van der Waals surface area contributed by atoms with E-state index in [-0.39, 0.29) is 17.0 Å². The third-order valence-corrected chi connectivity index (χ3v) is 4.45. The van der Waals surface area contributed by atoms with Crippen molar-refractivity contribution in [3.8, 4) is 5.75 Å². The fourth-order valence-corrected chi connectivity index (χ4v) is 3.11. The van der Waals surface area contributed by atoms with E-state index in [1.807, 2.05) is 0 Å². The number of halogens is 1. The van der Waals surface area contributed by atoms with Crippen LogP contribution in [0.25, 0.3) is 0 Å². The number of aromatic carboxylic acids is 1. The zero-order valence-electron chi connectivity index (χ0n) is 12.3. The molecule has 0 aromatic heterocycles. The molecule has 0 aliphatic heterocycles. The minimum absolute atomic E-state index is 0.132. The molecule has 0 saturated heterocycles. The SMILES string of the molecule is COc1ccc(C)cc1NS(=O)(=O)c1cc(C(=O)O)ccc1F. The van der Waals surface area contributed by atoms with Crippen LogP contribution in [0.3, 0.4) is 0 Å². The van der Waals surface area contributed by atoms with Crippen molar-refractivity contribution in [1.82, 2.24) is 0 Å². The van der Waals surface area contributed by atoms with E-state index in [4.69, 9.17) is 9.84 Å². The molecule has 23 heavy (non-hydrogen) atoms.